The van der Waals surface area contributed by atoms with Crippen LogP contribution in [-0.2, 0) is 9.59 Å². The van der Waals surface area contributed by atoms with Crippen LogP contribution in [0.25, 0.3) is 11.7 Å². The highest BCUT2D eigenvalue weighted by molar-refractivity contribution is 7.80. The maximum atomic E-state index is 13.6. The van der Waals surface area contributed by atoms with Crippen LogP contribution in [0.15, 0.2) is 53.0 Å². The largest absolute Gasteiger partial charge is 0.356 e. The summed E-state index contributed by atoms with van der Waals surface area (Å²) < 4.78 is 1.45. The molecule has 0 bridgehead atoms. The number of amides is 2. The summed E-state index contributed by atoms with van der Waals surface area (Å²) in [5.74, 6) is -0.814. The van der Waals surface area contributed by atoms with Crippen LogP contribution >= 0.6 is 23.8 Å². The third kappa shape index (κ3) is 4.21. The molecular weight excluding hydrogens is 486 g/mol. The lowest BCUT2D eigenvalue weighted by molar-refractivity contribution is -0.122. The van der Waals surface area contributed by atoms with Gasteiger partial charge in [-0.1, -0.05) is 17.7 Å². The van der Waals surface area contributed by atoms with E-state index in [0.29, 0.717) is 22.2 Å². The summed E-state index contributed by atoms with van der Waals surface area (Å²) in [4.78, 5) is 48.1. The van der Waals surface area contributed by atoms with Gasteiger partial charge in [0.1, 0.15) is 17.0 Å². The number of pyridine rings is 1. The molecule has 1 N–H and O–H groups in total. The number of anilines is 2. The Labute approximate surface area is 211 Å². The first-order valence-corrected chi connectivity index (χ1v) is 12.1. The van der Waals surface area contributed by atoms with Gasteiger partial charge in [-0.25, -0.2) is 4.98 Å². The van der Waals surface area contributed by atoms with Crippen molar-refractivity contribution in [1.82, 2.24) is 14.7 Å². The van der Waals surface area contributed by atoms with Gasteiger partial charge in [-0.15, -0.1) is 0 Å². The highest BCUT2D eigenvalue weighted by Gasteiger charge is 2.35. The van der Waals surface area contributed by atoms with E-state index in [2.05, 4.69) is 10.2 Å². The van der Waals surface area contributed by atoms with Crippen LogP contribution in [0.4, 0.5) is 11.5 Å². The van der Waals surface area contributed by atoms with E-state index < -0.39 is 11.8 Å². The monoisotopic (exact) mass is 507 g/mol. The predicted octanol–water partition coefficient (Wildman–Crippen LogP) is 3.48. The Morgan fingerprint density at radius 3 is 2.49 bits per heavy atom. The van der Waals surface area contributed by atoms with Crippen LogP contribution in [0.2, 0.25) is 5.02 Å². The lowest BCUT2D eigenvalue weighted by Crippen LogP contribution is -2.54. The molecule has 1 aromatic carbocycles. The van der Waals surface area contributed by atoms with Crippen LogP contribution in [0.1, 0.15) is 30.4 Å². The number of aryl methyl sites for hydroxylation is 1. The van der Waals surface area contributed by atoms with Crippen LogP contribution < -0.4 is 20.7 Å². The summed E-state index contributed by atoms with van der Waals surface area (Å²) in [6.45, 7) is 3.38. The molecule has 35 heavy (non-hydrogen) atoms. The predicted molar refractivity (Wildman–Crippen MR) is 140 cm³/mol. The lowest BCUT2D eigenvalue weighted by atomic mass is 10.1. The first-order chi connectivity index (χ1) is 16.8. The van der Waals surface area contributed by atoms with E-state index in [-0.39, 0.29) is 21.8 Å². The van der Waals surface area contributed by atoms with Crippen LogP contribution in [0, 0.1) is 6.92 Å². The summed E-state index contributed by atoms with van der Waals surface area (Å²) >= 11 is 11.3. The van der Waals surface area contributed by atoms with Gasteiger partial charge in [0.05, 0.1) is 11.3 Å². The van der Waals surface area contributed by atoms with E-state index in [1.54, 1.807) is 36.5 Å². The number of rotatable bonds is 3. The third-order valence-corrected chi connectivity index (χ3v) is 6.73. The number of piperidine rings is 1. The second-order valence-corrected chi connectivity index (χ2v) is 9.34. The van der Waals surface area contributed by atoms with Crippen molar-refractivity contribution in [3.05, 3.63) is 74.7 Å². The number of carbonyl (C=O) groups is 2. The van der Waals surface area contributed by atoms with Crippen molar-refractivity contribution in [2.45, 2.75) is 26.2 Å². The van der Waals surface area contributed by atoms with E-state index in [0.717, 1.165) is 37.9 Å². The zero-order valence-corrected chi connectivity index (χ0v) is 20.5. The molecule has 2 aromatic heterocycles. The van der Waals surface area contributed by atoms with Crippen molar-refractivity contribution >= 4 is 64.0 Å². The molecule has 0 aliphatic carbocycles. The molecule has 2 aliphatic heterocycles. The molecule has 2 fully saturated rings. The number of fused-ring (bicyclic) bond motifs is 1. The number of halogens is 1. The molecule has 2 aliphatic rings. The number of benzene rings is 1. The van der Waals surface area contributed by atoms with Crippen LogP contribution in [-0.4, -0.2) is 39.4 Å². The average molecular weight is 508 g/mol. The third-order valence-electron chi connectivity index (χ3n) is 6.19. The van der Waals surface area contributed by atoms with Gasteiger partial charge < -0.3 is 4.90 Å². The molecule has 8 nitrogen and oxygen atoms in total. The molecule has 0 radical (unpaired) electrons. The van der Waals surface area contributed by atoms with Gasteiger partial charge in [0, 0.05) is 24.3 Å². The Kier molecular flexibility index (Phi) is 6.12. The second kappa shape index (κ2) is 9.24. The van der Waals surface area contributed by atoms with Crippen molar-refractivity contribution in [3.8, 4) is 0 Å². The van der Waals surface area contributed by atoms with E-state index in [1.807, 2.05) is 13.0 Å². The SMILES string of the molecule is Cc1cccn2c(=O)c(C=C3C(=O)NC(=S)N(c4ccc(Cl)cc4)C3=O)c(N3CCCCC3)nc12. The number of hydrogen-bond donors (Lipinski definition) is 1. The summed E-state index contributed by atoms with van der Waals surface area (Å²) in [6.07, 6.45) is 6.03. The van der Waals surface area contributed by atoms with Crippen LogP contribution in [0.5, 0.6) is 0 Å². The van der Waals surface area contributed by atoms with Gasteiger partial charge in [-0.2, -0.15) is 0 Å². The molecule has 0 spiro atoms. The molecule has 2 saturated heterocycles. The second-order valence-electron chi connectivity index (χ2n) is 8.52. The highest BCUT2D eigenvalue weighted by atomic mass is 35.5. The van der Waals surface area contributed by atoms with E-state index in [4.69, 9.17) is 28.8 Å². The quantitative estimate of drug-likeness (QED) is 0.332. The number of thiocarbonyl (C=S) groups is 1. The van der Waals surface area contributed by atoms with E-state index in [9.17, 15) is 14.4 Å². The van der Waals surface area contributed by atoms with E-state index >= 15 is 0 Å². The summed E-state index contributed by atoms with van der Waals surface area (Å²) in [5.41, 5.74) is 1.50. The summed E-state index contributed by atoms with van der Waals surface area (Å²) in [7, 11) is 0. The smallest absolute Gasteiger partial charge is 0.270 e. The first kappa shape index (κ1) is 23.2. The van der Waals surface area contributed by atoms with Crippen molar-refractivity contribution in [2.75, 3.05) is 22.9 Å². The minimum absolute atomic E-state index is 0.0419. The normalized spacial score (nSPS) is 17.9. The summed E-state index contributed by atoms with van der Waals surface area (Å²) in [5, 5.41) is 3.02. The Morgan fingerprint density at radius 1 is 1.06 bits per heavy atom. The average Bonchev–Trinajstić information content (AvgIpc) is 2.85. The molecule has 4 heterocycles. The number of aromatic nitrogens is 2. The lowest BCUT2D eigenvalue weighted by Gasteiger charge is -2.30. The van der Waals surface area contributed by atoms with Gasteiger partial charge in [0.25, 0.3) is 17.4 Å². The standard InChI is InChI=1S/C25H22ClN5O3S/c1-15-6-5-13-30-20(15)27-21(29-11-3-2-4-12-29)18(23(30)33)14-19-22(32)28-25(35)31(24(19)34)17-9-7-16(26)8-10-17/h5-10,13-14H,2-4,11-12H2,1H3,(H,28,32,35). The van der Waals surface area contributed by atoms with Crippen molar-refractivity contribution < 1.29 is 9.59 Å². The summed E-state index contributed by atoms with van der Waals surface area (Å²) in [6, 6.07) is 10.2. The fourth-order valence-corrected chi connectivity index (χ4v) is 4.81. The molecule has 178 valence electrons. The molecule has 5 rings (SSSR count). The maximum absolute atomic E-state index is 13.6. The highest BCUT2D eigenvalue weighted by Crippen LogP contribution is 2.27. The number of hydrogen-bond acceptors (Lipinski definition) is 6. The van der Waals surface area contributed by atoms with Gasteiger partial charge >= 0.3 is 0 Å². The zero-order chi connectivity index (χ0) is 24.7. The Hall–Kier alpha value is -3.56. The zero-order valence-electron chi connectivity index (χ0n) is 19.0. The molecule has 0 atom stereocenters. The van der Waals surface area contributed by atoms with Gasteiger partial charge in [-0.05, 0) is 80.4 Å². The fraction of sp³-hybridized carbons (Fsp3) is 0.240. The van der Waals surface area contributed by atoms with Gasteiger partial charge in [0.15, 0.2) is 5.11 Å². The molecule has 2 amide bonds. The minimum Gasteiger partial charge on any atom is -0.356 e. The van der Waals surface area contributed by atoms with Gasteiger partial charge in [0.2, 0.25) is 0 Å². The Morgan fingerprint density at radius 2 is 1.77 bits per heavy atom. The molecular formula is C25H22ClN5O3S. The van der Waals surface area contributed by atoms with Gasteiger partial charge in [-0.3, -0.25) is 29.0 Å². The number of nitrogens with zero attached hydrogens (tertiary/aromatic N) is 4. The first-order valence-electron chi connectivity index (χ1n) is 11.3. The van der Waals surface area contributed by atoms with Crippen molar-refractivity contribution in [2.24, 2.45) is 0 Å². The maximum Gasteiger partial charge on any atom is 0.270 e. The number of carbonyl (C=O) groups excluding carboxylic acids is 2. The molecule has 0 unspecified atom stereocenters. The van der Waals surface area contributed by atoms with Crippen molar-refractivity contribution in [3.63, 3.8) is 0 Å². The Balaban J connectivity index is 1.68. The molecule has 0 saturated carbocycles. The molecule has 10 heteroatoms. The fourth-order valence-electron chi connectivity index (χ4n) is 4.40. The minimum atomic E-state index is -0.663. The topological polar surface area (TPSA) is 87.0 Å². The van der Waals surface area contributed by atoms with Crippen molar-refractivity contribution in [1.29, 1.82) is 0 Å². The number of nitrogens with one attached hydrogen (secondary N) is 1. The molecule has 3 aromatic rings. The Bertz CT molecular complexity index is 1460. The van der Waals surface area contributed by atoms with Crippen LogP contribution in [0.3, 0.4) is 0 Å². The van der Waals surface area contributed by atoms with E-state index in [1.165, 1.54) is 15.4 Å².